The average molecular weight is 358 g/mol. The Balaban J connectivity index is 0.000000423. The number of esters is 3. The van der Waals surface area contributed by atoms with Crippen molar-refractivity contribution in [3.05, 3.63) is 36.5 Å². The van der Waals surface area contributed by atoms with Gasteiger partial charge in [-0.1, -0.05) is 19.7 Å². The van der Waals surface area contributed by atoms with E-state index in [0.29, 0.717) is 5.57 Å². The van der Waals surface area contributed by atoms with Crippen LogP contribution < -0.4 is 0 Å². The number of rotatable bonds is 4. The predicted molar refractivity (Wildman–Crippen MR) is 95.2 cm³/mol. The summed E-state index contributed by atoms with van der Waals surface area (Å²) < 4.78 is 9.45. The highest BCUT2D eigenvalue weighted by molar-refractivity contribution is 8.06. The molecule has 1 unspecified atom stereocenters. The Kier molecular flexibility index (Phi) is 10.4. The molecule has 0 spiro atoms. The van der Waals surface area contributed by atoms with Crippen molar-refractivity contribution >= 4 is 41.4 Å². The third-order valence-corrected chi connectivity index (χ3v) is 4.83. The van der Waals surface area contributed by atoms with Crippen molar-refractivity contribution in [3.8, 4) is 0 Å². The van der Waals surface area contributed by atoms with Crippen molar-refractivity contribution in [2.75, 3.05) is 17.3 Å². The fourth-order valence-electron chi connectivity index (χ4n) is 1.01. The van der Waals surface area contributed by atoms with Crippen molar-refractivity contribution in [1.29, 1.82) is 0 Å². The van der Waals surface area contributed by atoms with E-state index in [2.05, 4.69) is 24.5 Å². The smallest absolute Gasteiger partial charge is 0.340 e. The SMILES string of the molecule is C=C(C)C(=O)OC(=O)C(=C)C.C=C(C)C(=O)OC1CSCCS1. The molecule has 1 atom stereocenters. The van der Waals surface area contributed by atoms with Crippen LogP contribution in [0.2, 0.25) is 0 Å². The number of carbonyl (C=O) groups excluding carboxylic acids is 3. The molecule has 1 fully saturated rings. The van der Waals surface area contributed by atoms with E-state index in [4.69, 9.17) is 4.74 Å². The molecule has 0 radical (unpaired) electrons. The summed E-state index contributed by atoms with van der Waals surface area (Å²) in [7, 11) is 0. The fourth-order valence-corrected chi connectivity index (χ4v) is 3.39. The minimum Gasteiger partial charge on any atom is -0.447 e. The summed E-state index contributed by atoms with van der Waals surface area (Å²) in [5, 5.41) is 0. The lowest BCUT2D eigenvalue weighted by Crippen LogP contribution is -2.21. The van der Waals surface area contributed by atoms with E-state index in [-0.39, 0.29) is 22.6 Å². The van der Waals surface area contributed by atoms with Crippen LogP contribution in [-0.2, 0) is 23.9 Å². The first kappa shape index (κ1) is 21.5. The Hall–Kier alpha value is -1.47. The maximum atomic E-state index is 11.1. The second-order valence-electron chi connectivity index (χ2n) is 4.80. The highest BCUT2D eigenvalue weighted by Gasteiger charge is 2.18. The van der Waals surface area contributed by atoms with Crippen molar-refractivity contribution in [2.45, 2.75) is 26.2 Å². The normalized spacial score (nSPS) is 16.2. The van der Waals surface area contributed by atoms with Crippen LogP contribution >= 0.6 is 23.5 Å². The van der Waals surface area contributed by atoms with E-state index in [1.165, 1.54) is 13.8 Å². The van der Waals surface area contributed by atoms with Crippen molar-refractivity contribution in [2.24, 2.45) is 0 Å². The molecule has 1 aliphatic heterocycles. The molecule has 1 rings (SSSR count). The molecule has 5 nitrogen and oxygen atoms in total. The molecule has 23 heavy (non-hydrogen) atoms. The molecular weight excluding hydrogens is 336 g/mol. The maximum Gasteiger partial charge on any atom is 0.340 e. The minimum absolute atomic E-state index is 0.0351. The molecule has 0 bridgehead atoms. The molecule has 1 saturated heterocycles. The Morgan fingerprint density at radius 1 is 0.870 bits per heavy atom. The van der Waals surface area contributed by atoms with Crippen LogP contribution in [0.1, 0.15) is 20.8 Å². The van der Waals surface area contributed by atoms with Gasteiger partial charge in [0.25, 0.3) is 0 Å². The van der Waals surface area contributed by atoms with Gasteiger partial charge in [-0.2, -0.15) is 11.8 Å². The lowest BCUT2D eigenvalue weighted by Gasteiger charge is -2.20. The van der Waals surface area contributed by atoms with Crippen molar-refractivity contribution < 1.29 is 23.9 Å². The zero-order valence-electron chi connectivity index (χ0n) is 13.7. The average Bonchev–Trinajstić information content (AvgIpc) is 2.48. The van der Waals surface area contributed by atoms with E-state index in [1.54, 1.807) is 18.7 Å². The van der Waals surface area contributed by atoms with Gasteiger partial charge >= 0.3 is 17.9 Å². The van der Waals surface area contributed by atoms with Crippen LogP contribution in [-0.4, -0.2) is 40.6 Å². The summed E-state index contributed by atoms with van der Waals surface area (Å²) in [6.07, 6.45) is 0. The van der Waals surface area contributed by atoms with E-state index in [1.807, 2.05) is 11.8 Å². The van der Waals surface area contributed by atoms with Gasteiger partial charge in [0.15, 0.2) is 5.44 Å². The van der Waals surface area contributed by atoms with Crippen LogP contribution in [0.3, 0.4) is 0 Å². The van der Waals surface area contributed by atoms with Gasteiger partial charge in [-0.05, 0) is 20.8 Å². The molecule has 7 heteroatoms. The van der Waals surface area contributed by atoms with E-state index in [0.717, 1.165) is 17.3 Å². The highest BCUT2D eigenvalue weighted by atomic mass is 32.2. The summed E-state index contributed by atoms with van der Waals surface area (Å²) >= 11 is 3.53. The standard InChI is InChI=1S/C8H10O3.C8H12O2S2/c1-5(2)7(9)11-8(10)6(3)4;1-6(2)8(9)10-7-5-11-3-4-12-7/h1,3H2,2,4H3;7H,1,3-5H2,2H3. The summed E-state index contributed by atoms with van der Waals surface area (Å²) in [5.41, 5.74) is 0.901. The Labute approximate surface area is 145 Å². The monoisotopic (exact) mass is 358 g/mol. The van der Waals surface area contributed by atoms with Gasteiger partial charge in [0.05, 0.1) is 0 Å². The third kappa shape index (κ3) is 10.0. The number of hydrogen-bond donors (Lipinski definition) is 0. The Bertz CT molecular complexity index is 481. The van der Waals surface area contributed by atoms with Gasteiger partial charge in [-0.15, -0.1) is 11.8 Å². The molecule has 0 aromatic heterocycles. The molecule has 1 heterocycles. The molecule has 0 N–H and O–H groups in total. The summed E-state index contributed by atoms with van der Waals surface area (Å²) in [5.74, 6) is 1.44. The maximum absolute atomic E-state index is 11.1. The van der Waals surface area contributed by atoms with E-state index < -0.39 is 11.9 Å². The van der Waals surface area contributed by atoms with E-state index in [9.17, 15) is 14.4 Å². The van der Waals surface area contributed by atoms with Gasteiger partial charge in [-0.3, -0.25) is 0 Å². The second kappa shape index (κ2) is 11.1. The first-order chi connectivity index (χ1) is 10.6. The van der Waals surface area contributed by atoms with Crippen LogP contribution in [0.4, 0.5) is 0 Å². The lowest BCUT2D eigenvalue weighted by molar-refractivity contribution is -0.154. The molecule has 1 aliphatic rings. The lowest BCUT2D eigenvalue weighted by atomic mass is 10.3. The van der Waals surface area contributed by atoms with Crippen LogP contribution in [0.5, 0.6) is 0 Å². The number of thioether (sulfide) groups is 2. The molecule has 0 amide bonds. The molecular formula is C16H22O5S2. The van der Waals surface area contributed by atoms with Crippen LogP contribution in [0.25, 0.3) is 0 Å². The number of ether oxygens (including phenoxy) is 2. The minimum atomic E-state index is -0.710. The molecule has 0 aromatic rings. The highest BCUT2D eigenvalue weighted by Crippen LogP contribution is 2.25. The van der Waals surface area contributed by atoms with Crippen LogP contribution in [0.15, 0.2) is 36.5 Å². The molecule has 128 valence electrons. The number of carbonyl (C=O) groups is 3. The Morgan fingerprint density at radius 2 is 1.35 bits per heavy atom. The quantitative estimate of drug-likeness (QED) is 0.434. The summed E-state index contributed by atoms with van der Waals surface area (Å²) in [6, 6.07) is 0. The topological polar surface area (TPSA) is 69.7 Å². The fraction of sp³-hybridized carbons (Fsp3) is 0.438. The van der Waals surface area contributed by atoms with Gasteiger partial charge in [0, 0.05) is 34.0 Å². The first-order valence-corrected chi connectivity index (χ1v) is 8.98. The predicted octanol–water partition coefficient (Wildman–Crippen LogP) is 3.12. The zero-order valence-corrected chi connectivity index (χ0v) is 15.3. The first-order valence-electron chi connectivity index (χ1n) is 6.78. The van der Waals surface area contributed by atoms with E-state index >= 15 is 0 Å². The van der Waals surface area contributed by atoms with Crippen molar-refractivity contribution in [3.63, 3.8) is 0 Å². The molecule has 0 aromatic carbocycles. The largest absolute Gasteiger partial charge is 0.447 e. The van der Waals surface area contributed by atoms with Gasteiger partial charge < -0.3 is 9.47 Å². The third-order valence-electron chi connectivity index (χ3n) is 2.25. The molecule has 0 aliphatic carbocycles. The van der Waals surface area contributed by atoms with Gasteiger partial charge in [0.2, 0.25) is 0 Å². The summed E-state index contributed by atoms with van der Waals surface area (Å²) in [6.45, 7) is 14.8. The van der Waals surface area contributed by atoms with Crippen molar-refractivity contribution in [1.82, 2.24) is 0 Å². The van der Waals surface area contributed by atoms with Gasteiger partial charge in [0.1, 0.15) is 0 Å². The second-order valence-corrected chi connectivity index (χ2v) is 7.22. The Morgan fingerprint density at radius 3 is 1.70 bits per heavy atom. The number of hydrogen-bond acceptors (Lipinski definition) is 7. The van der Waals surface area contributed by atoms with Crippen LogP contribution in [0, 0.1) is 0 Å². The summed E-state index contributed by atoms with van der Waals surface area (Å²) in [4.78, 5) is 32.4. The molecule has 0 saturated carbocycles. The van der Waals surface area contributed by atoms with Gasteiger partial charge in [-0.25, -0.2) is 14.4 Å². The zero-order chi connectivity index (χ0) is 18.0.